The Kier molecular flexibility index (Phi) is 2.97. The van der Waals surface area contributed by atoms with Crippen LogP contribution in [-0.4, -0.2) is 21.0 Å². The number of imidazole rings is 1. The topological polar surface area (TPSA) is 40.8 Å². The Labute approximate surface area is 127 Å². The van der Waals surface area contributed by atoms with E-state index >= 15 is 0 Å². The molecule has 0 aliphatic carbocycles. The maximum absolute atomic E-state index is 9.79. The number of aliphatic hydroxyl groups excluding tert-OH is 1. The number of thiophene rings is 1. The van der Waals surface area contributed by atoms with Crippen LogP contribution >= 0.6 is 11.3 Å². The summed E-state index contributed by atoms with van der Waals surface area (Å²) in [5, 5.41) is 12.0. The quantitative estimate of drug-likeness (QED) is 0.791. The Hall–Kier alpha value is -1.85. The number of pyridine rings is 1. The minimum atomic E-state index is 0.000226. The molecule has 0 aromatic carbocycles. The average molecular weight is 299 g/mol. The second-order valence-electron chi connectivity index (χ2n) is 5.39. The Balaban J connectivity index is 1.84. The van der Waals surface area contributed by atoms with Crippen LogP contribution in [0.4, 0.5) is 5.82 Å². The Morgan fingerprint density at radius 3 is 3.14 bits per heavy atom. The molecule has 4 rings (SSSR count). The second kappa shape index (κ2) is 4.86. The molecule has 0 amide bonds. The van der Waals surface area contributed by atoms with E-state index in [0.29, 0.717) is 6.04 Å². The predicted molar refractivity (Wildman–Crippen MR) is 84.9 cm³/mol. The van der Waals surface area contributed by atoms with Gasteiger partial charge in [-0.2, -0.15) is 0 Å². The van der Waals surface area contributed by atoms with E-state index in [1.165, 1.54) is 10.4 Å². The molecule has 4 nitrogen and oxygen atoms in total. The van der Waals surface area contributed by atoms with Crippen LogP contribution in [0.5, 0.6) is 0 Å². The molecular weight excluding hydrogens is 282 g/mol. The van der Waals surface area contributed by atoms with Crippen LogP contribution in [-0.2, 0) is 13.0 Å². The molecule has 5 heteroatoms. The van der Waals surface area contributed by atoms with E-state index in [4.69, 9.17) is 4.98 Å². The lowest BCUT2D eigenvalue weighted by atomic mass is 10.0. The van der Waals surface area contributed by atoms with E-state index < -0.39 is 0 Å². The number of fused-ring (bicyclic) bond motifs is 2. The molecule has 0 spiro atoms. The predicted octanol–water partition coefficient (Wildman–Crippen LogP) is 3.01. The van der Waals surface area contributed by atoms with Crippen LogP contribution in [0, 0.1) is 0 Å². The average Bonchev–Trinajstić information content (AvgIpc) is 3.11. The monoisotopic (exact) mass is 299 g/mol. The molecule has 3 aromatic heterocycles. The van der Waals surface area contributed by atoms with Crippen LogP contribution < -0.4 is 4.90 Å². The normalized spacial score (nSPS) is 18.2. The maximum Gasteiger partial charge on any atom is 0.154 e. The zero-order chi connectivity index (χ0) is 14.4. The van der Waals surface area contributed by atoms with Crippen molar-refractivity contribution in [1.29, 1.82) is 0 Å². The molecule has 0 saturated heterocycles. The summed E-state index contributed by atoms with van der Waals surface area (Å²) in [4.78, 5) is 8.54. The van der Waals surface area contributed by atoms with E-state index in [9.17, 15) is 5.11 Å². The molecule has 108 valence electrons. The van der Waals surface area contributed by atoms with Crippen LogP contribution in [0.2, 0.25) is 0 Å². The van der Waals surface area contributed by atoms with Crippen molar-refractivity contribution in [2.24, 2.45) is 0 Å². The van der Waals surface area contributed by atoms with Gasteiger partial charge in [0.25, 0.3) is 0 Å². The van der Waals surface area contributed by atoms with Gasteiger partial charge in [-0.05, 0) is 42.5 Å². The molecular formula is C16H17N3OS. The van der Waals surface area contributed by atoms with E-state index in [1.54, 1.807) is 0 Å². The lowest BCUT2D eigenvalue weighted by Gasteiger charge is -2.34. The van der Waals surface area contributed by atoms with Crippen LogP contribution in [0.25, 0.3) is 5.65 Å². The number of hydrogen-bond acceptors (Lipinski definition) is 4. The highest BCUT2D eigenvalue weighted by molar-refractivity contribution is 7.10. The van der Waals surface area contributed by atoms with Crippen molar-refractivity contribution in [3.63, 3.8) is 0 Å². The van der Waals surface area contributed by atoms with Gasteiger partial charge in [-0.3, -0.25) is 4.40 Å². The molecule has 1 N–H and O–H groups in total. The summed E-state index contributed by atoms with van der Waals surface area (Å²) >= 11 is 1.84. The van der Waals surface area contributed by atoms with E-state index in [0.717, 1.165) is 30.1 Å². The SMILES string of the molecule is CC1c2ccsc2CCN1c1nc2ccccn2c1CO. The largest absolute Gasteiger partial charge is 0.390 e. The zero-order valence-electron chi connectivity index (χ0n) is 11.9. The van der Waals surface area contributed by atoms with Crippen LogP contribution in [0.15, 0.2) is 35.8 Å². The van der Waals surface area contributed by atoms with Crippen molar-refractivity contribution < 1.29 is 5.11 Å². The van der Waals surface area contributed by atoms with Gasteiger partial charge in [-0.15, -0.1) is 11.3 Å². The minimum Gasteiger partial charge on any atom is -0.390 e. The molecule has 1 unspecified atom stereocenters. The van der Waals surface area contributed by atoms with Crippen molar-refractivity contribution in [3.05, 3.63) is 52.0 Å². The minimum absolute atomic E-state index is 0.000226. The molecule has 0 saturated carbocycles. The molecule has 0 fully saturated rings. The van der Waals surface area contributed by atoms with Gasteiger partial charge in [0, 0.05) is 17.6 Å². The molecule has 4 heterocycles. The van der Waals surface area contributed by atoms with Crippen LogP contribution in [0.1, 0.15) is 29.1 Å². The summed E-state index contributed by atoms with van der Waals surface area (Å²) in [5.41, 5.74) is 3.16. The van der Waals surface area contributed by atoms with Crippen molar-refractivity contribution in [3.8, 4) is 0 Å². The van der Waals surface area contributed by atoms with Crippen molar-refractivity contribution >= 4 is 22.8 Å². The highest BCUT2D eigenvalue weighted by Gasteiger charge is 2.28. The van der Waals surface area contributed by atoms with Gasteiger partial charge < -0.3 is 10.0 Å². The van der Waals surface area contributed by atoms with Gasteiger partial charge >= 0.3 is 0 Å². The summed E-state index contributed by atoms with van der Waals surface area (Å²) in [5.74, 6) is 0.910. The highest BCUT2D eigenvalue weighted by atomic mass is 32.1. The smallest absolute Gasteiger partial charge is 0.154 e. The Morgan fingerprint density at radius 2 is 2.29 bits per heavy atom. The number of nitrogens with zero attached hydrogens (tertiary/aromatic N) is 3. The first-order valence-electron chi connectivity index (χ1n) is 7.19. The first-order valence-corrected chi connectivity index (χ1v) is 8.07. The summed E-state index contributed by atoms with van der Waals surface area (Å²) in [6.07, 6.45) is 3.01. The van der Waals surface area contributed by atoms with Crippen molar-refractivity contribution in [2.45, 2.75) is 26.0 Å². The standard InChI is InChI=1S/C16H17N3OS/c1-11-12-6-9-21-14(12)5-8-18(11)16-13(10-20)19-7-3-2-4-15(19)17-16/h2-4,6-7,9,11,20H,5,8,10H2,1H3. The van der Waals surface area contributed by atoms with Gasteiger partial charge in [0.2, 0.25) is 0 Å². The van der Waals surface area contributed by atoms with Gasteiger partial charge in [-0.1, -0.05) is 6.07 Å². The van der Waals surface area contributed by atoms with E-state index in [1.807, 2.05) is 40.1 Å². The number of rotatable bonds is 2. The van der Waals surface area contributed by atoms with Crippen molar-refractivity contribution in [2.75, 3.05) is 11.4 Å². The van der Waals surface area contributed by atoms with Gasteiger partial charge in [-0.25, -0.2) is 4.98 Å². The molecule has 21 heavy (non-hydrogen) atoms. The third kappa shape index (κ3) is 1.88. The summed E-state index contributed by atoms with van der Waals surface area (Å²) in [7, 11) is 0. The Bertz CT molecular complexity index is 792. The number of aromatic nitrogens is 2. The number of aliphatic hydroxyl groups is 1. The Morgan fingerprint density at radius 1 is 1.38 bits per heavy atom. The third-order valence-corrected chi connectivity index (χ3v) is 5.30. The second-order valence-corrected chi connectivity index (χ2v) is 6.39. The van der Waals surface area contributed by atoms with Gasteiger partial charge in [0.15, 0.2) is 5.82 Å². The number of hydrogen-bond donors (Lipinski definition) is 1. The van der Waals surface area contributed by atoms with Crippen LogP contribution in [0.3, 0.4) is 0 Å². The maximum atomic E-state index is 9.79. The molecule has 0 radical (unpaired) electrons. The van der Waals surface area contributed by atoms with E-state index in [-0.39, 0.29) is 6.61 Å². The summed E-state index contributed by atoms with van der Waals surface area (Å²) in [6.45, 7) is 3.17. The molecule has 0 bridgehead atoms. The fourth-order valence-corrected chi connectivity index (χ4v) is 4.17. The lowest BCUT2D eigenvalue weighted by Crippen LogP contribution is -2.34. The molecule has 1 aliphatic heterocycles. The fourth-order valence-electron chi connectivity index (χ4n) is 3.21. The summed E-state index contributed by atoms with van der Waals surface area (Å²) in [6, 6.07) is 8.44. The fraction of sp³-hybridized carbons (Fsp3) is 0.312. The first-order chi connectivity index (χ1) is 10.3. The molecule has 1 aliphatic rings. The molecule has 3 aromatic rings. The zero-order valence-corrected chi connectivity index (χ0v) is 12.7. The van der Waals surface area contributed by atoms with Gasteiger partial charge in [0.05, 0.1) is 18.3 Å². The first kappa shape index (κ1) is 12.9. The molecule has 1 atom stereocenters. The summed E-state index contributed by atoms with van der Waals surface area (Å²) < 4.78 is 1.98. The lowest BCUT2D eigenvalue weighted by molar-refractivity contribution is 0.275. The third-order valence-electron chi connectivity index (χ3n) is 4.31. The highest BCUT2D eigenvalue weighted by Crippen LogP contribution is 2.37. The number of anilines is 1. The van der Waals surface area contributed by atoms with Crippen molar-refractivity contribution in [1.82, 2.24) is 9.38 Å². The van der Waals surface area contributed by atoms with Gasteiger partial charge in [0.1, 0.15) is 5.65 Å². The van der Waals surface area contributed by atoms with E-state index in [2.05, 4.69) is 23.3 Å².